The van der Waals surface area contributed by atoms with Crippen LogP contribution in [-0.2, 0) is 15.1 Å². The van der Waals surface area contributed by atoms with Crippen molar-refractivity contribution in [2.45, 2.75) is 44.2 Å². The van der Waals surface area contributed by atoms with Gasteiger partial charge in [0.1, 0.15) is 6.04 Å². The van der Waals surface area contributed by atoms with Gasteiger partial charge in [0.15, 0.2) is 0 Å². The Kier molecular flexibility index (Phi) is 2.35. The first-order chi connectivity index (χ1) is 10.0. The van der Waals surface area contributed by atoms with E-state index in [-0.39, 0.29) is 23.3 Å². The molecule has 3 aliphatic rings. The zero-order chi connectivity index (χ0) is 14.8. The lowest BCUT2D eigenvalue weighted by molar-refractivity contribution is -0.137. The van der Waals surface area contributed by atoms with Gasteiger partial charge in [-0.3, -0.25) is 19.7 Å². The second-order valence-corrected chi connectivity index (χ2v) is 6.22. The number of imide groups is 1. The van der Waals surface area contributed by atoms with Gasteiger partial charge in [0.25, 0.3) is 5.91 Å². The predicted molar refractivity (Wildman–Crippen MR) is 74.4 cm³/mol. The van der Waals surface area contributed by atoms with E-state index >= 15 is 0 Å². The van der Waals surface area contributed by atoms with Gasteiger partial charge in [0, 0.05) is 12.0 Å². The molecule has 21 heavy (non-hydrogen) atoms. The standard InChI is InChI=1S/C16H16N2O3/c1-9-2-3-10-11(8-9)16(6-7-16)18(15(10)21)12-4-5-13(19)17-14(12)20/h2-3,8,12H,4-7H2,1H3,(H,17,19,20). The molecule has 1 unspecified atom stereocenters. The maximum atomic E-state index is 12.8. The molecule has 1 atom stereocenters. The van der Waals surface area contributed by atoms with Gasteiger partial charge in [-0.25, -0.2) is 0 Å². The number of nitrogens with zero attached hydrogens (tertiary/aromatic N) is 1. The summed E-state index contributed by atoms with van der Waals surface area (Å²) < 4.78 is 0. The molecule has 1 spiro atoms. The SMILES string of the molecule is Cc1ccc2c(c1)C1(CC1)N(C1CCC(=O)NC1=O)C2=O. The fourth-order valence-corrected chi connectivity index (χ4v) is 3.68. The van der Waals surface area contributed by atoms with E-state index in [1.807, 2.05) is 19.1 Å². The van der Waals surface area contributed by atoms with Gasteiger partial charge in [-0.15, -0.1) is 0 Å². The van der Waals surface area contributed by atoms with Gasteiger partial charge in [0.05, 0.1) is 5.54 Å². The molecule has 108 valence electrons. The first kappa shape index (κ1) is 12.6. The molecule has 1 aromatic carbocycles. The van der Waals surface area contributed by atoms with E-state index < -0.39 is 6.04 Å². The second kappa shape index (κ2) is 3.93. The molecule has 2 heterocycles. The number of piperidine rings is 1. The quantitative estimate of drug-likeness (QED) is 0.789. The molecule has 1 N–H and O–H groups in total. The van der Waals surface area contributed by atoms with Crippen molar-refractivity contribution in [2.75, 3.05) is 0 Å². The average molecular weight is 284 g/mol. The van der Waals surface area contributed by atoms with Crippen molar-refractivity contribution in [2.24, 2.45) is 0 Å². The summed E-state index contributed by atoms with van der Waals surface area (Å²) in [5, 5.41) is 2.36. The molecule has 2 aliphatic heterocycles. The Bertz CT molecular complexity index is 691. The van der Waals surface area contributed by atoms with Crippen LogP contribution in [0.5, 0.6) is 0 Å². The van der Waals surface area contributed by atoms with Crippen molar-refractivity contribution in [3.05, 3.63) is 34.9 Å². The molecular formula is C16H16N2O3. The van der Waals surface area contributed by atoms with Gasteiger partial charge in [0.2, 0.25) is 11.8 Å². The van der Waals surface area contributed by atoms with Crippen molar-refractivity contribution >= 4 is 17.7 Å². The number of benzene rings is 1. The van der Waals surface area contributed by atoms with Crippen molar-refractivity contribution in [3.63, 3.8) is 0 Å². The highest BCUT2D eigenvalue weighted by atomic mass is 16.2. The molecule has 0 radical (unpaired) electrons. The first-order valence-electron chi connectivity index (χ1n) is 7.31. The van der Waals surface area contributed by atoms with Crippen LogP contribution in [0.2, 0.25) is 0 Å². The van der Waals surface area contributed by atoms with Crippen LogP contribution in [0.25, 0.3) is 0 Å². The fraction of sp³-hybridized carbons (Fsp3) is 0.438. The van der Waals surface area contributed by atoms with Crippen LogP contribution in [0, 0.1) is 6.92 Å². The normalized spacial score (nSPS) is 26.0. The van der Waals surface area contributed by atoms with Gasteiger partial charge in [-0.1, -0.05) is 17.7 Å². The van der Waals surface area contributed by atoms with E-state index in [0.717, 1.165) is 24.0 Å². The third-order valence-electron chi connectivity index (χ3n) is 4.83. The lowest BCUT2D eigenvalue weighted by Gasteiger charge is -2.34. The molecule has 1 saturated carbocycles. The van der Waals surface area contributed by atoms with Crippen molar-refractivity contribution < 1.29 is 14.4 Å². The summed E-state index contributed by atoms with van der Waals surface area (Å²) in [4.78, 5) is 38.0. The lowest BCUT2D eigenvalue weighted by Crippen LogP contribution is -2.55. The minimum absolute atomic E-state index is 0.0722. The van der Waals surface area contributed by atoms with Gasteiger partial charge < -0.3 is 4.90 Å². The minimum atomic E-state index is -0.523. The van der Waals surface area contributed by atoms with Crippen LogP contribution in [0.3, 0.4) is 0 Å². The van der Waals surface area contributed by atoms with E-state index in [4.69, 9.17) is 0 Å². The van der Waals surface area contributed by atoms with Crippen LogP contribution in [-0.4, -0.2) is 28.7 Å². The van der Waals surface area contributed by atoms with Gasteiger partial charge in [-0.2, -0.15) is 0 Å². The third-order valence-corrected chi connectivity index (χ3v) is 4.83. The number of amides is 3. The topological polar surface area (TPSA) is 66.5 Å². The van der Waals surface area contributed by atoms with Gasteiger partial charge >= 0.3 is 0 Å². The Morgan fingerprint density at radius 3 is 2.67 bits per heavy atom. The predicted octanol–water partition coefficient (Wildman–Crippen LogP) is 1.25. The second-order valence-electron chi connectivity index (χ2n) is 6.22. The molecular weight excluding hydrogens is 268 g/mol. The summed E-state index contributed by atoms with van der Waals surface area (Å²) in [7, 11) is 0. The Balaban J connectivity index is 1.77. The molecule has 3 amide bonds. The summed E-state index contributed by atoms with van der Waals surface area (Å²) >= 11 is 0. The Hall–Kier alpha value is -2.17. The van der Waals surface area contributed by atoms with Crippen LogP contribution in [0.4, 0.5) is 0 Å². The smallest absolute Gasteiger partial charge is 0.255 e. The fourth-order valence-electron chi connectivity index (χ4n) is 3.68. The summed E-state index contributed by atoms with van der Waals surface area (Å²) in [6.45, 7) is 2.01. The first-order valence-corrected chi connectivity index (χ1v) is 7.31. The highest BCUT2D eigenvalue weighted by Gasteiger charge is 2.61. The lowest BCUT2D eigenvalue weighted by atomic mass is 9.98. The van der Waals surface area contributed by atoms with Crippen molar-refractivity contribution in [1.82, 2.24) is 10.2 Å². The number of carbonyl (C=O) groups excluding carboxylic acids is 3. The Morgan fingerprint density at radius 2 is 2.00 bits per heavy atom. The molecule has 1 saturated heterocycles. The molecule has 4 rings (SSSR count). The highest BCUT2D eigenvalue weighted by molar-refractivity contribution is 6.06. The number of nitrogens with one attached hydrogen (secondary N) is 1. The minimum Gasteiger partial charge on any atom is -0.317 e. The monoisotopic (exact) mass is 284 g/mol. The van der Waals surface area contributed by atoms with E-state index in [2.05, 4.69) is 11.4 Å². The number of rotatable bonds is 1. The molecule has 1 aromatic rings. The number of hydrogen-bond donors (Lipinski definition) is 1. The zero-order valence-electron chi connectivity index (χ0n) is 11.8. The largest absolute Gasteiger partial charge is 0.317 e. The summed E-state index contributed by atoms with van der Waals surface area (Å²) in [5.74, 6) is -0.659. The van der Waals surface area contributed by atoms with E-state index in [0.29, 0.717) is 18.4 Å². The molecule has 5 nitrogen and oxygen atoms in total. The van der Waals surface area contributed by atoms with Crippen LogP contribution >= 0.6 is 0 Å². The molecule has 2 fully saturated rings. The molecule has 0 aromatic heterocycles. The summed E-state index contributed by atoms with van der Waals surface area (Å²) in [6.07, 6.45) is 2.51. The molecule has 1 aliphatic carbocycles. The van der Waals surface area contributed by atoms with Crippen molar-refractivity contribution in [1.29, 1.82) is 0 Å². The van der Waals surface area contributed by atoms with E-state index in [9.17, 15) is 14.4 Å². The van der Waals surface area contributed by atoms with Gasteiger partial charge in [-0.05, 0) is 37.8 Å². The number of carbonyl (C=O) groups is 3. The Labute approximate surface area is 122 Å². The Morgan fingerprint density at radius 1 is 1.24 bits per heavy atom. The number of fused-ring (bicyclic) bond motifs is 2. The number of aryl methyl sites for hydroxylation is 1. The maximum Gasteiger partial charge on any atom is 0.255 e. The average Bonchev–Trinajstić information content (AvgIpc) is 3.18. The highest BCUT2D eigenvalue weighted by Crippen LogP contribution is 2.57. The van der Waals surface area contributed by atoms with E-state index in [1.165, 1.54) is 0 Å². The maximum absolute atomic E-state index is 12.8. The summed E-state index contributed by atoms with van der Waals surface area (Å²) in [5.41, 5.74) is 2.58. The number of hydrogen-bond acceptors (Lipinski definition) is 3. The van der Waals surface area contributed by atoms with Crippen LogP contribution < -0.4 is 5.32 Å². The summed E-state index contributed by atoms with van der Waals surface area (Å²) in [6, 6.07) is 5.33. The van der Waals surface area contributed by atoms with Crippen LogP contribution in [0.1, 0.15) is 47.2 Å². The molecule has 5 heteroatoms. The molecule has 0 bridgehead atoms. The van der Waals surface area contributed by atoms with E-state index in [1.54, 1.807) is 4.90 Å². The van der Waals surface area contributed by atoms with Crippen LogP contribution in [0.15, 0.2) is 18.2 Å². The third kappa shape index (κ3) is 1.60. The zero-order valence-corrected chi connectivity index (χ0v) is 11.8. The van der Waals surface area contributed by atoms with Crippen molar-refractivity contribution in [3.8, 4) is 0 Å².